The number of nitrogens with zero attached hydrogens (tertiary/aromatic N) is 2. The van der Waals surface area contributed by atoms with Crippen molar-refractivity contribution in [2.24, 2.45) is 5.92 Å². The number of halogens is 1. The lowest BCUT2D eigenvalue weighted by molar-refractivity contribution is -0.136. The molecule has 120 valence electrons. The fourth-order valence-electron chi connectivity index (χ4n) is 3.58. The molecule has 1 aliphatic carbocycles. The number of hydrogen-bond acceptors (Lipinski definition) is 2. The molecule has 22 heavy (non-hydrogen) atoms. The van der Waals surface area contributed by atoms with Crippen LogP contribution in [0.2, 0.25) is 0 Å². The minimum absolute atomic E-state index is 0.0909. The lowest BCUT2D eigenvalue weighted by Gasteiger charge is -2.36. The number of hydrogen-bond donors (Lipinski definition) is 0. The second kappa shape index (κ2) is 6.37. The van der Waals surface area contributed by atoms with Crippen LogP contribution in [0.15, 0.2) is 18.2 Å². The number of carbonyl (C=O) groups is 1. The first-order chi connectivity index (χ1) is 10.5. The standard InChI is InChI=1S/C18H25FN2O/c1-20(2)18(22)16-9-15(10-16)13-5-6-14(17(19)11-13)12-21-7-3-4-8-21/h5-6,11,15-16H,3-4,7-10,12H2,1-2H3/t15-,16-. The molecule has 1 saturated heterocycles. The first-order valence-corrected chi connectivity index (χ1v) is 8.26. The first-order valence-electron chi connectivity index (χ1n) is 8.26. The van der Waals surface area contributed by atoms with E-state index in [4.69, 9.17) is 0 Å². The summed E-state index contributed by atoms with van der Waals surface area (Å²) in [5.74, 6) is 0.561. The Labute approximate surface area is 132 Å². The Kier molecular flexibility index (Phi) is 4.48. The van der Waals surface area contributed by atoms with Crippen molar-refractivity contribution in [1.29, 1.82) is 0 Å². The number of benzene rings is 1. The van der Waals surface area contributed by atoms with Crippen LogP contribution in [0, 0.1) is 11.7 Å². The van der Waals surface area contributed by atoms with Gasteiger partial charge in [0, 0.05) is 32.1 Å². The van der Waals surface area contributed by atoms with Crippen molar-refractivity contribution < 1.29 is 9.18 Å². The Morgan fingerprint density at radius 3 is 2.55 bits per heavy atom. The molecule has 2 aliphatic rings. The molecule has 0 aromatic heterocycles. The SMILES string of the molecule is CN(C)C(=O)[C@H]1C[C@H](c2ccc(CN3CCCC3)c(F)c2)C1. The third-order valence-corrected chi connectivity index (χ3v) is 5.07. The van der Waals surface area contributed by atoms with Gasteiger partial charge >= 0.3 is 0 Å². The summed E-state index contributed by atoms with van der Waals surface area (Å²) in [5.41, 5.74) is 1.84. The maximum absolute atomic E-state index is 14.3. The van der Waals surface area contributed by atoms with Crippen LogP contribution in [0.5, 0.6) is 0 Å². The zero-order chi connectivity index (χ0) is 15.7. The summed E-state index contributed by atoms with van der Waals surface area (Å²) in [6.45, 7) is 2.88. The highest BCUT2D eigenvalue weighted by molar-refractivity contribution is 5.79. The van der Waals surface area contributed by atoms with Crippen LogP contribution in [-0.4, -0.2) is 42.9 Å². The summed E-state index contributed by atoms with van der Waals surface area (Å²) < 4.78 is 14.3. The van der Waals surface area contributed by atoms with E-state index in [1.165, 1.54) is 12.8 Å². The molecule has 2 fully saturated rings. The molecule has 1 heterocycles. The molecular formula is C18H25FN2O. The minimum Gasteiger partial charge on any atom is -0.349 e. The Morgan fingerprint density at radius 1 is 1.27 bits per heavy atom. The highest BCUT2D eigenvalue weighted by Gasteiger charge is 2.36. The van der Waals surface area contributed by atoms with Crippen molar-refractivity contribution >= 4 is 5.91 Å². The third kappa shape index (κ3) is 3.17. The van der Waals surface area contributed by atoms with Gasteiger partial charge in [-0.1, -0.05) is 12.1 Å². The molecular weight excluding hydrogens is 279 g/mol. The van der Waals surface area contributed by atoms with Crippen LogP contribution in [-0.2, 0) is 11.3 Å². The summed E-state index contributed by atoms with van der Waals surface area (Å²) in [6, 6.07) is 5.67. The van der Waals surface area contributed by atoms with Crippen molar-refractivity contribution in [1.82, 2.24) is 9.80 Å². The topological polar surface area (TPSA) is 23.6 Å². The van der Waals surface area contributed by atoms with Crippen LogP contribution in [0.25, 0.3) is 0 Å². The van der Waals surface area contributed by atoms with E-state index in [0.717, 1.165) is 43.6 Å². The zero-order valence-electron chi connectivity index (χ0n) is 13.5. The largest absolute Gasteiger partial charge is 0.349 e. The van der Waals surface area contributed by atoms with Crippen LogP contribution >= 0.6 is 0 Å². The van der Waals surface area contributed by atoms with Gasteiger partial charge in [-0.15, -0.1) is 0 Å². The van der Waals surface area contributed by atoms with E-state index in [1.54, 1.807) is 25.1 Å². The second-order valence-electron chi connectivity index (χ2n) is 6.93. The average Bonchev–Trinajstić information content (AvgIpc) is 2.92. The number of likely N-dealkylation sites (tertiary alicyclic amines) is 1. The normalized spacial score (nSPS) is 25.0. The predicted octanol–water partition coefficient (Wildman–Crippen LogP) is 3.00. The summed E-state index contributed by atoms with van der Waals surface area (Å²) in [5, 5.41) is 0. The van der Waals surface area contributed by atoms with Gasteiger partial charge in [0.25, 0.3) is 0 Å². The first kappa shape index (κ1) is 15.5. The molecule has 1 amide bonds. The zero-order valence-corrected chi connectivity index (χ0v) is 13.5. The smallest absolute Gasteiger partial charge is 0.225 e. The van der Waals surface area contributed by atoms with Crippen molar-refractivity contribution in [3.05, 3.63) is 35.1 Å². The van der Waals surface area contributed by atoms with Crippen molar-refractivity contribution in [2.75, 3.05) is 27.2 Å². The van der Waals surface area contributed by atoms with Gasteiger partial charge in [-0.2, -0.15) is 0 Å². The van der Waals surface area contributed by atoms with E-state index in [2.05, 4.69) is 11.0 Å². The minimum atomic E-state index is -0.0909. The molecule has 3 rings (SSSR count). The fourth-order valence-corrected chi connectivity index (χ4v) is 3.58. The van der Waals surface area contributed by atoms with E-state index in [9.17, 15) is 9.18 Å². The molecule has 0 atom stereocenters. The monoisotopic (exact) mass is 304 g/mol. The molecule has 0 spiro atoms. The highest BCUT2D eigenvalue weighted by atomic mass is 19.1. The van der Waals surface area contributed by atoms with Gasteiger partial charge in [-0.05, 0) is 56.3 Å². The van der Waals surface area contributed by atoms with Gasteiger partial charge in [-0.25, -0.2) is 4.39 Å². The summed E-state index contributed by atoms with van der Waals surface area (Å²) in [7, 11) is 3.59. The third-order valence-electron chi connectivity index (χ3n) is 5.07. The molecule has 0 N–H and O–H groups in total. The van der Waals surface area contributed by atoms with Crippen molar-refractivity contribution in [3.8, 4) is 0 Å². The van der Waals surface area contributed by atoms with Gasteiger partial charge < -0.3 is 4.90 Å². The molecule has 3 nitrogen and oxygen atoms in total. The van der Waals surface area contributed by atoms with Crippen LogP contribution in [0.1, 0.15) is 42.7 Å². The highest BCUT2D eigenvalue weighted by Crippen LogP contribution is 2.42. The van der Waals surface area contributed by atoms with Gasteiger partial charge in [0.05, 0.1) is 0 Å². The Morgan fingerprint density at radius 2 is 1.95 bits per heavy atom. The van der Waals surface area contributed by atoms with Gasteiger partial charge in [0.2, 0.25) is 5.91 Å². The summed E-state index contributed by atoms with van der Waals surface area (Å²) in [6.07, 6.45) is 4.15. The van der Waals surface area contributed by atoms with Crippen LogP contribution in [0.3, 0.4) is 0 Å². The lowest BCUT2D eigenvalue weighted by Crippen LogP contribution is -2.37. The second-order valence-corrected chi connectivity index (χ2v) is 6.93. The quantitative estimate of drug-likeness (QED) is 0.854. The lowest BCUT2D eigenvalue weighted by atomic mass is 9.71. The van der Waals surface area contributed by atoms with E-state index in [0.29, 0.717) is 5.92 Å². The number of carbonyl (C=O) groups excluding carboxylic acids is 1. The maximum Gasteiger partial charge on any atom is 0.225 e. The van der Waals surface area contributed by atoms with E-state index in [-0.39, 0.29) is 17.6 Å². The van der Waals surface area contributed by atoms with E-state index in [1.807, 2.05) is 6.07 Å². The number of rotatable bonds is 4. The Bertz CT molecular complexity index is 546. The molecule has 1 aliphatic heterocycles. The maximum atomic E-state index is 14.3. The molecule has 1 saturated carbocycles. The Balaban J connectivity index is 1.60. The van der Waals surface area contributed by atoms with Crippen molar-refractivity contribution in [3.63, 3.8) is 0 Å². The molecule has 1 aromatic rings. The van der Waals surface area contributed by atoms with E-state index < -0.39 is 0 Å². The number of amides is 1. The molecule has 1 aromatic carbocycles. The summed E-state index contributed by atoms with van der Waals surface area (Å²) >= 11 is 0. The van der Waals surface area contributed by atoms with Crippen molar-refractivity contribution in [2.45, 2.75) is 38.1 Å². The van der Waals surface area contributed by atoms with Gasteiger partial charge in [0.1, 0.15) is 5.82 Å². The van der Waals surface area contributed by atoms with Crippen LogP contribution in [0.4, 0.5) is 4.39 Å². The summed E-state index contributed by atoms with van der Waals surface area (Å²) in [4.78, 5) is 15.8. The molecule has 0 radical (unpaired) electrons. The predicted molar refractivity (Wildman–Crippen MR) is 85.1 cm³/mol. The van der Waals surface area contributed by atoms with Crippen LogP contribution < -0.4 is 0 Å². The Hall–Kier alpha value is -1.42. The fraction of sp³-hybridized carbons (Fsp3) is 0.611. The molecule has 0 bridgehead atoms. The molecule has 4 heteroatoms. The van der Waals surface area contributed by atoms with Gasteiger partial charge in [0.15, 0.2) is 0 Å². The molecule has 0 unspecified atom stereocenters. The average molecular weight is 304 g/mol. The van der Waals surface area contributed by atoms with E-state index >= 15 is 0 Å². The van der Waals surface area contributed by atoms with Gasteiger partial charge in [-0.3, -0.25) is 9.69 Å².